The lowest BCUT2D eigenvalue weighted by Gasteiger charge is -2.32. The Morgan fingerprint density at radius 3 is 2.79 bits per heavy atom. The normalized spacial score (nSPS) is 19.3. The van der Waals surface area contributed by atoms with Crippen LogP contribution in [0.3, 0.4) is 0 Å². The standard InChI is InChI=1S/C15H17ClN2O4S2/c1-11-9-21-7-6-18(11)24(19,20)14-4-2-12(3-5-14)22-10-13-8-17-15(16)23-13/h2-5,8,11H,6-7,9-10H2,1H3/t11-/m1/s1. The molecular formula is C15H17ClN2O4S2. The Bertz CT molecular complexity index is 792. The molecule has 1 aromatic heterocycles. The van der Waals surface area contributed by atoms with Crippen molar-refractivity contribution < 1.29 is 17.9 Å². The van der Waals surface area contributed by atoms with Crippen molar-refractivity contribution in [2.24, 2.45) is 0 Å². The Labute approximate surface area is 150 Å². The molecular weight excluding hydrogens is 372 g/mol. The fraction of sp³-hybridized carbons (Fsp3) is 0.400. The SMILES string of the molecule is C[C@@H]1COCCN1S(=O)(=O)c1ccc(OCc2cnc(Cl)s2)cc1. The molecule has 1 saturated heterocycles. The van der Waals surface area contributed by atoms with E-state index in [1.54, 1.807) is 30.5 Å². The highest BCUT2D eigenvalue weighted by atomic mass is 35.5. The molecule has 0 amide bonds. The molecule has 1 aliphatic heterocycles. The van der Waals surface area contributed by atoms with Crippen molar-refractivity contribution in [3.05, 3.63) is 39.8 Å². The van der Waals surface area contributed by atoms with Crippen molar-refractivity contribution in [1.29, 1.82) is 0 Å². The van der Waals surface area contributed by atoms with Gasteiger partial charge in [0.2, 0.25) is 10.0 Å². The van der Waals surface area contributed by atoms with Crippen LogP contribution in [0, 0.1) is 0 Å². The van der Waals surface area contributed by atoms with E-state index < -0.39 is 10.0 Å². The van der Waals surface area contributed by atoms with E-state index in [2.05, 4.69) is 4.98 Å². The molecule has 6 nitrogen and oxygen atoms in total. The fourth-order valence-electron chi connectivity index (χ4n) is 2.42. The number of hydrogen-bond acceptors (Lipinski definition) is 6. The Hall–Kier alpha value is -1.19. The molecule has 3 rings (SSSR count). The maximum Gasteiger partial charge on any atom is 0.243 e. The van der Waals surface area contributed by atoms with E-state index in [1.807, 2.05) is 6.92 Å². The van der Waals surface area contributed by atoms with Crippen molar-refractivity contribution in [2.45, 2.75) is 24.5 Å². The lowest BCUT2D eigenvalue weighted by Crippen LogP contribution is -2.46. The molecule has 1 fully saturated rings. The Kier molecular flexibility index (Phi) is 5.41. The van der Waals surface area contributed by atoms with Crippen LogP contribution in [0.1, 0.15) is 11.8 Å². The molecule has 0 saturated carbocycles. The van der Waals surface area contributed by atoms with Crippen LogP contribution < -0.4 is 4.74 Å². The van der Waals surface area contributed by atoms with Gasteiger partial charge >= 0.3 is 0 Å². The first kappa shape index (κ1) is 17.6. The minimum Gasteiger partial charge on any atom is -0.488 e. The van der Waals surface area contributed by atoms with Gasteiger partial charge in [-0.05, 0) is 31.2 Å². The first-order valence-electron chi connectivity index (χ1n) is 7.39. The van der Waals surface area contributed by atoms with Crippen LogP contribution in [0.4, 0.5) is 0 Å². The zero-order valence-electron chi connectivity index (χ0n) is 13.0. The maximum atomic E-state index is 12.7. The molecule has 0 radical (unpaired) electrons. The van der Waals surface area contributed by atoms with Crippen molar-refractivity contribution in [1.82, 2.24) is 9.29 Å². The average Bonchev–Trinajstić information content (AvgIpc) is 2.99. The van der Waals surface area contributed by atoms with Gasteiger partial charge in [-0.2, -0.15) is 4.31 Å². The van der Waals surface area contributed by atoms with Gasteiger partial charge in [0.25, 0.3) is 0 Å². The van der Waals surface area contributed by atoms with E-state index in [-0.39, 0.29) is 10.9 Å². The fourth-order valence-corrected chi connectivity index (χ4v) is 4.91. The Morgan fingerprint density at radius 2 is 2.17 bits per heavy atom. The summed E-state index contributed by atoms with van der Waals surface area (Å²) in [5.41, 5.74) is 0. The third kappa shape index (κ3) is 3.89. The van der Waals surface area contributed by atoms with Crippen LogP contribution in [0.5, 0.6) is 5.75 Å². The lowest BCUT2D eigenvalue weighted by atomic mass is 10.3. The van der Waals surface area contributed by atoms with Crippen molar-refractivity contribution in [2.75, 3.05) is 19.8 Å². The summed E-state index contributed by atoms with van der Waals surface area (Å²) < 4.78 is 38.3. The second-order valence-electron chi connectivity index (χ2n) is 5.38. The number of ether oxygens (including phenoxy) is 2. The molecule has 0 spiro atoms. The smallest absolute Gasteiger partial charge is 0.243 e. The first-order chi connectivity index (χ1) is 11.5. The van der Waals surface area contributed by atoms with E-state index in [1.165, 1.54) is 15.6 Å². The molecule has 0 unspecified atom stereocenters. The lowest BCUT2D eigenvalue weighted by molar-refractivity contribution is 0.0393. The second-order valence-corrected chi connectivity index (χ2v) is 8.97. The summed E-state index contributed by atoms with van der Waals surface area (Å²) in [4.78, 5) is 5.10. The van der Waals surface area contributed by atoms with Crippen LogP contribution in [0.2, 0.25) is 4.47 Å². The van der Waals surface area contributed by atoms with Gasteiger partial charge in [-0.25, -0.2) is 13.4 Å². The maximum absolute atomic E-state index is 12.7. The molecule has 0 bridgehead atoms. The highest BCUT2D eigenvalue weighted by Crippen LogP contribution is 2.24. The van der Waals surface area contributed by atoms with E-state index in [0.29, 0.717) is 36.6 Å². The van der Waals surface area contributed by atoms with Crippen LogP contribution in [0.15, 0.2) is 35.4 Å². The number of thiazole rings is 1. The van der Waals surface area contributed by atoms with Crippen molar-refractivity contribution in [3.8, 4) is 5.75 Å². The quantitative estimate of drug-likeness (QED) is 0.787. The molecule has 130 valence electrons. The van der Waals surface area contributed by atoms with Gasteiger partial charge in [0, 0.05) is 18.8 Å². The average molecular weight is 389 g/mol. The molecule has 2 aromatic rings. The third-order valence-corrected chi connectivity index (χ3v) is 6.76. The van der Waals surface area contributed by atoms with E-state index in [4.69, 9.17) is 21.1 Å². The highest BCUT2D eigenvalue weighted by molar-refractivity contribution is 7.89. The van der Waals surface area contributed by atoms with E-state index in [9.17, 15) is 8.42 Å². The molecule has 1 aromatic carbocycles. The zero-order valence-corrected chi connectivity index (χ0v) is 15.4. The minimum absolute atomic E-state index is 0.171. The Balaban J connectivity index is 1.69. The molecule has 0 N–H and O–H groups in total. The summed E-state index contributed by atoms with van der Waals surface area (Å²) in [6.45, 7) is 3.39. The molecule has 9 heteroatoms. The molecule has 1 atom stereocenters. The van der Waals surface area contributed by atoms with Crippen LogP contribution in [0.25, 0.3) is 0 Å². The van der Waals surface area contributed by atoms with Gasteiger partial charge in [-0.3, -0.25) is 0 Å². The number of morpholine rings is 1. The van der Waals surface area contributed by atoms with Gasteiger partial charge in [-0.1, -0.05) is 11.6 Å². The molecule has 0 aliphatic carbocycles. The second kappa shape index (κ2) is 7.37. The number of hydrogen-bond donors (Lipinski definition) is 0. The number of aromatic nitrogens is 1. The summed E-state index contributed by atoms with van der Waals surface area (Å²) in [6, 6.07) is 6.26. The number of rotatable bonds is 5. The van der Waals surface area contributed by atoms with E-state index in [0.717, 1.165) is 4.88 Å². The monoisotopic (exact) mass is 388 g/mol. The topological polar surface area (TPSA) is 68.7 Å². The van der Waals surface area contributed by atoms with Gasteiger partial charge in [0.05, 0.1) is 23.0 Å². The number of halogens is 1. The molecule has 1 aliphatic rings. The van der Waals surface area contributed by atoms with Gasteiger partial charge in [0.15, 0.2) is 4.47 Å². The number of sulfonamides is 1. The summed E-state index contributed by atoms with van der Waals surface area (Å²) in [6.07, 6.45) is 1.66. The first-order valence-corrected chi connectivity index (χ1v) is 10.0. The van der Waals surface area contributed by atoms with E-state index >= 15 is 0 Å². The van der Waals surface area contributed by atoms with Gasteiger partial charge in [-0.15, -0.1) is 11.3 Å². The summed E-state index contributed by atoms with van der Waals surface area (Å²) in [5, 5.41) is 0. The van der Waals surface area contributed by atoms with Crippen LogP contribution in [-0.4, -0.2) is 43.5 Å². The minimum atomic E-state index is -3.52. The van der Waals surface area contributed by atoms with Crippen molar-refractivity contribution >= 4 is 33.0 Å². The summed E-state index contributed by atoms with van der Waals surface area (Å²) in [7, 11) is -3.52. The van der Waals surface area contributed by atoms with Crippen LogP contribution in [-0.2, 0) is 21.4 Å². The van der Waals surface area contributed by atoms with Crippen LogP contribution >= 0.6 is 22.9 Å². The zero-order chi connectivity index (χ0) is 17.2. The van der Waals surface area contributed by atoms with Gasteiger partial charge in [0.1, 0.15) is 12.4 Å². The third-order valence-electron chi connectivity index (χ3n) is 3.64. The predicted octanol–water partition coefficient (Wildman–Crippen LogP) is 2.78. The number of nitrogens with zero attached hydrogens (tertiary/aromatic N) is 2. The van der Waals surface area contributed by atoms with Gasteiger partial charge < -0.3 is 9.47 Å². The highest BCUT2D eigenvalue weighted by Gasteiger charge is 2.31. The molecule has 24 heavy (non-hydrogen) atoms. The van der Waals surface area contributed by atoms with Crippen molar-refractivity contribution in [3.63, 3.8) is 0 Å². The summed E-state index contributed by atoms with van der Waals surface area (Å²) in [5.74, 6) is 0.591. The Morgan fingerprint density at radius 1 is 1.42 bits per heavy atom. The largest absolute Gasteiger partial charge is 0.488 e. The summed E-state index contributed by atoms with van der Waals surface area (Å²) >= 11 is 7.12. The number of benzene rings is 1. The predicted molar refractivity (Wildman–Crippen MR) is 92.1 cm³/mol. The molecule has 2 heterocycles.